The number of hydrogen-bond acceptors (Lipinski definition) is 6. The zero-order valence-electron chi connectivity index (χ0n) is 17.8. The summed E-state index contributed by atoms with van der Waals surface area (Å²) in [5.74, 6) is 3.61. The van der Waals surface area contributed by atoms with E-state index < -0.39 is 0 Å². The van der Waals surface area contributed by atoms with Crippen LogP contribution in [0.5, 0.6) is 34.5 Å². The standard InChI is InChI=1S/C22H32O6/c1-7-23-16-13-15-14-17(24-8-2)20(26-10-4)22(28-12-6)18(15)21(27-11-5)19(16)25-9-3/h13-14H,7-12H2,1-6H3. The fourth-order valence-corrected chi connectivity index (χ4v) is 3.07. The minimum Gasteiger partial charge on any atom is -0.490 e. The van der Waals surface area contributed by atoms with Crippen molar-refractivity contribution in [2.75, 3.05) is 39.6 Å². The van der Waals surface area contributed by atoms with Crippen molar-refractivity contribution in [3.05, 3.63) is 12.1 Å². The smallest absolute Gasteiger partial charge is 0.204 e. The summed E-state index contributed by atoms with van der Waals surface area (Å²) in [5.41, 5.74) is 0. The Morgan fingerprint density at radius 2 is 0.786 bits per heavy atom. The van der Waals surface area contributed by atoms with E-state index in [-0.39, 0.29) is 0 Å². The molecular formula is C22H32O6. The number of ether oxygens (including phenoxy) is 6. The van der Waals surface area contributed by atoms with Gasteiger partial charge in [-0.1, -0.05) is 0 Å². The summed E-state index contributed by atoms with van der Waals surface area (Å²) in [4.78, 5) is 0. The second kappa shape index (κ2) is 10.7. The van der Waals surface area contributed by atoms with Gasteiger partial charge in [0.2, 0.25) is 11.5 Å². The van der Waals surface area contributed by atoms with Gasteiger partial charge in [0.1, 0.15) is 0 Å². The molecular weight excluding hydrogens is 360 g/mol. The molecule has 0 aliphatic heterocycles. The van der Waals surface area contributed by atoms with Crippen LogP contribution in [0.4, 0.5) is 0 Å². The fraction of sp³-hybridized carbons (Fsp3) is 0.545. The first-order valence-corrected chi connectivity index (χ1v) is 10.1. The van der Waals surface area contributed by atoms with Gasteiger partial charge in [-0.3, -0.25) is 0 Å². The van der Waals surface area contributed by atoms with E-state index in [2.05, 4.69) is 0 Å². The van der Waals surface area contributed by atoms with Gasteiger partial charge in [-0.2, -0.15) is 0 Å². The number of rotatable bonds is 12. The molecule has 6 heteroatoms. The van der Waals surface area contributed by atoms with E-state index in [0.29, 0.717) is 74.1 Å². The Balaban J connectivity index is 2.94. The first-order valence-electron chi connectivity index (χ1n) is 10.1. The summed E-state index contributed by atoms with van der Waals surface area (Å²) in [6.07, 6.45) is 0. The van der Waals surface area contributed by atoms with Gasteiger partial charge in [0.05, 0.1) is 45.0 Å². The van der Waals surface area contributed by atoms with Crippen LogP contribution in [0.25, 0.3) is 10.8 Å². The zero-order valence-corrected chi connectivity index (χ0v) is 17.8. The maximum Gasteiger partial charge on any atom is 0.204 e. The molecule has 0 amide bonds. The van der Waals surface area contributed by atoms with Crippen molar-refractivity contribution < 1.29 is 28.4 Å². The van der Waals surface area contributed by atoms with Crippen molar-refractivity contribution in [3.8, 4) is 34.5 Å². The lowest BCUT2D eigenvalue weighted by molar-refractivity contribution is 0.256. The molecule has 0 saturated heterocycles. The van der Waals surface area contributed by atoms with E-state index in [9.17, 15) is 0 Å². The second-order valence-corrected chi connectivity index (χ2v) is 5.76. The van der Waals surface area contributed by atoms with Crippen LogP contribution in [0.1, 0.15) is 41.5 Å². The molecule has 0 heterocycles. The second-order valence-electron chi connectivity index (χ2n) is 5.76. The Labute approximate surface area is 167 Å². The molecule has 0 aliphatic carbocycles. The summed E-state index contributed by atoms with van der Waals surface area (Å²) in [6, 6.07) is 3.88. The van der Waals surface area contributed by atoms with E-state index in [1.54, 1.807) is 0 Å². The van der Waals surface area contributed by atoms with Crippen LogP contribution in [0, 0.1) is 0 Å². The summed E-state index contributed by atoms with van der Waals surface area (Å²) in [7, 11) is 0. The molecule has 0 spiro atoms. The number of hydrogen-bond donors (Lipinski definition) is 0. The highest BCUT2D eigenvalue weighted by Crippen LogP contribution is 2.53. The van der Waals surface area contributed by atoms with Gasteiger partial charge in [0, 0.05) is 0 Å². The third-order valence-electron chi connectivity index (χ3n) is 3.93. The van der Waals surface area contributed by atoms with Gasteiger partial charge >= 0.3 is 0 Å². The van der Waals surface area contributed by atoms with Crippen molar-refractivity contribution in [2.45, 2.75) is 41.5 Å². The Morgan fingerprint density at radius 1 is 0.464 bits per heavy atom. The predicted octanol–water partition coefficient (Wildman–Crippen LogP) is 5.23. The minimum atomic E-state index is 0.480. The number of benzene rings is 2. The van der Waals surface area contributed by atoms with Gasteiger partial charge in [-0.05, 0) is 59.1 Å². The monoisotopic (exact) mass is 392 g/mol. The maximum atomic E-state index is 6.03. The molecule has 6 nitrogen and oxygen atoms in total. The summed E-state index contributed by atoms with van der Waals surface area (Å²) in [5, 5.41) is 1.67. The fourth-order valence-electron chi connectivity index (χ4n) is 3.07. The van der Waals surface area contributed by atoms with E-state index in [0.717, 1.165) is 10.8 Å². The normalized spacial score (nSPS) is 10.6. The van der Waals surface area contributed by atoms with Gasteiger partial charge < -0.3 is 28.4 Å². The van der Waals surface area contributed by atoms with Crippen LogP contribution in [0.3, 0.4) is 0 Å². The molecule has 2 rings (SSSR count). The van der Waals surface area contributed by atoms with Crippen molar-refractivity contribution in [1.82, 2.24) is 0 Å². The first-order chi connectivity index (χ1) is 13.7. The lowest BCUT2D eigenvalue weighted by Crippen LogP contribution is -2.06. The van der Waals surface area contributed by atoms with Crippen LogP contribution in [-0.4, -0.2) is 39.6 Å². The topological polar surface area (TPSA) is 55.4 Å². The lowest BCUT2D eigenvalue weighted by atomic mass is 10.0. The molecule has 2 aromatic carbocycles. The lowest BCUT2D eigenvalue weighted by Gasteiger charge is -2.22. The van der Waals surface area contributed by atoms with Crippen molar-refractivity contribution in [2.24, 2.45) is 0 Å². The third-order valence-corrected chi connectivity index (χ3v) is 3.93. The van der Waals surface area contributed by atoms with E-state index in [1.165, 1.54) is 0 Å². The highest BCUT2D eigenvalue weighted by atomic mass is 16.6. The van der Waals surface area contributed by atoms with Crippen LogP contribution in [0.2, 0.25) is 0 Å². The molecule has 0 N–H and O–H groups in total. The number of fused-ring (bicyclic) bond motifs is 1. The van der Waals surface area contributed by atoms with Crippen LogP contribution in [-0.2, 0) is 0 Å². The Bertz CT molecular complexity index is 711. The summed E-state index contributed by atoms with van der Waals surface area (Å²) < 4.78 is 35.6. The van der Waals surface area contributed by atoms with Gasteiger partial charge in [-0.25, -0.2) is 0 Å². The largest absolute Gasteiger partial charge is 0.490 e. The van der Waals surface area contributed by atoms with E-state index in [1.807, 2.05) is 53.7 Å². The molecule has 0 aliphatic rings. The summed E-state index contributed by atoms with van der Waals surface area (Å²) in [6.45, 7) is 14.6. The SMILES string of the molecule is CCOc1cc2cc(OCC)c(OCC)c(OCC)c2c(OCC)c1OCC. The molecule has 0 atom stereocenters. The summed E-state index contributed by atoms with van der Waals surface area (Å²) >= 11 is 0. The first kappa shape index (κ1) is 21.8. The Hall–Kier alpha value is -2.50. The van der Waals surface area contributed by atoms with Crippen molar-refractivity contribution in [3.63, 3.8) is 0 Å². The van der Waals surface area contributed by atoms with Crippen LogP contribution < -0.4 is 28.4 Å². The molecule has 156 valence electrons. The van der Waals surface area contributed by atoms with E-state index >= 15 is 0 Å². The molecule has 0 aromatic heterocycles. The quantitative estimate of drug-likeness (QED) is 0.493. The molecule has 0 bridgehead atoms. The maximum absolute atomic E-state index is 6.03. The molecule has 0 saturated carbocycles. The zero-order chi connectivity index (χ0) is 20.5. The minimum absolute atomic E-state index is 0.480. The van der Waals surface area contributed by atoms with E-state index in [4.69, 9.17) is 28.4 Å². The van der Waals surface area contributed by atoms with Gasteiger partial charge in [-0.15, -0.1) is 0 Å². The van der Waals surface area contributed by atoms with Crippen molar-refractivity contribution >= 4 is 10.8 Å². The molecule has 2 aromatic rings. The highest BCUT2D eigenvalue weighted by Gasteiger charge is 2.26. The predicted molar refractivity (Wildman–Crippen MR) is 111 cm³/mol. The van der Waals surface area contributed by atoms with Crippen molar-refractivity contribution in [1.29, 1.82) is 0 Å². The van der Waals surface area contributed by atoms with Gasteiger partial charge in [0.25, 0.3) is 0 Å². The van der Waals surface area contributed by atoms with Crippen LogP contribution >= 0.6 is 0 Å². The molecule has 28 heavy (non-hydrogen) atoms. The third kappa shape index (κ3) is 4.49. The molecule has 0 radical (unpaired) electrons. The average Bonchev–Trinajstić information content (AvgIpc) is 2.67. The van der Waals surface area contributed by atoms with Gasteiger partial charge in [0.15, 0.2) is 23.0 Å². The molecule has 0 fully saturated rings. The highest BCUT2D eigenvalue weighted by molar-refractivity contribution is 6.01. The van der Waals surface area contributed by atoms with Crippen LogP contribution in [0.15, 0.2) is 12.1 Å². The molecule has 0 unspecified atom stereocenters. The average molecular weight is 392 g/mol. The Morgan fingerprint density at radius 3 is 1.11 bits per heavy atom. The Kier molecular flexibility index (Phi) is 8.36.